The highest BCUT2D eigenvalue weighted by molar-refractivity contribution is 5.96. The number of carbonyl (C=O) groups excluding carboxylic acids is 2. The highest BCUT2D eigenvalue weighted by atomic mass is 16.3. The number of phenolic OH excluding ortho intramolecular Hbond substituents is 1. The highest BCUT2D eigenvalue weighted by Gasteiger charge is 2.67. The lowest BCUT2D eigenvalue weighted by Crippen LogP contribution is -2.75. The van der Waals surface area contributed by atoms with Crippen LogP contribution in [0.25, 0.3) is 0 Å². The van der Waals surface area contributed by atoms with Crippen molar-refractivity contribution in [3.8, 4) is 5.75 Å². The Balaban J connectivity index is 1.43. The van der Waals surface area contributed by atoms with Gasteiger partial charge in [0, 0.05) is 31.6 Å². The number of carbonyl (C=O) groups is 2. The summed E-state index contributed by atoms with van der Waals surface area (Å²) >= 11 is 0. The minimum atomic E-state index is -0.853. The molecule has 0 spiro atoms. The van der Waals surface area contributed by atoms with Crippen molar-refractivity contribution in [2.45, 2.75) is 57.8 Å². The van der Waals surface area contributed by atoms with Gasteiger partial charge in [0.15, 0.2) is 0 Å². The first-order chi connectivity index (χ1) is 16.4. The predicted octanol–water partition coefficient (Wildman–Crippen LogP) is 3.45. The fraction of sp³-hybridized carbons (Fsp3) is 0.500. The van der Waals surface area contributed by atoms with Crippen LogP contribution >= 0.6 is 0 Å². The van der Waals surface area contributed by atoms with Crippen LogP contribution in [0, 0.1) is 23.7 Å². The van der Waals surface area contributed by atoms with Gasteiger partial charge in [-0.05, 0) is 47.9 Å². The smallest absolute Gasteiger partial charge is 0.246 e. The molecule has 3 saturated heterocycles. The standard InChI is InChI=1S/C28H35N3O3/c1-18(2)8-13-23-25-24-21(17-31(25)16-20-9-11-22(32)12-10-20)14-28(23,30-26(24)33)27(34)29-15-19-6-4-3-5-7-19/h3-7,9-12,18,21,23-25,32H,8,13-17H2,1-2H3,(H,29,34)(H,30,33)/t21-,23-,24-,25-,28+/m1/s1. The van der Waals surface area contributed by atoms with Crippen LogP contribution in [-0.4, -0.2) is 39.9 Å². The molecule has 3 heterocycles. The van der Waals surface area contributed by atoms with Crippen molar-refractivity contribution in [2.24, 2.45) is 23.7 Å². The number of phenols is 1. The fourth-order valence-corrected chi connectivity index (χ4v) is 6.60. The van der Waals surface area contributed by atoms with E-state index in [1.54, 1.807) is 12.1 Å². The van der Waals surface area contributed by atoms with Gasteiger partial charge in [0.05, 0.1) is 5.92 Å². The average molecular weight is 462 g/mol. The molecular formula is C28H35N3O3. The first kappa shape index (κ1) is 22.9. The lowest BCUT2D eigenvalue weighted by atomic mass is 9.57. The normalized spacial score (nSPS) is 29.9. The Bertz CT molecular complexity index is 1040. The SMILES string of the molecule is CC(C)CC[C@@H]1[C@@H]2[C@@H]3C(=O)N[C@@]1(C(=O)NCc1ccccc1)C[C@@H]3CN2Cc1ccc(O)cc1. The van der Waals surface area contributed by atoms with Gasteiger partial charge >= 0.3 is 0 Å². The van der Waals surface area contributed by atoms with E-state index in [1.165, 1.54) is 0 Å². The molecule has 1 aliphatic carbocycles. The van der Waals surface area contributed by atoms with E-state index < -0.39 is 5.54 Å². The summed E-state index contributed by atoms with van der Waals surface area (Å²) in [6, 6.07) is 17.3. The summed E-state index contributed by atoms with van der Waals surface area (Å²) in [4.78, 5) is 29.5. The van der Waals surface area contributed by atoms with Crippen molar-refractivity contribution < 1.29 is 14.7 Å². The molecule has 4 bridgehead atoms. The van der Waals surface area contributed by atoms with Crippen LogP contribution < -0.4 is 10.6 Å². The maximum Gasteiger partial charge on any atom is 0.246 e. The molecule has 0 radical (unpaired) electrons. The molecule has 2 aromatic rings. The molecule has 0 aromatic heterocycles. The summed E-state index contributed by atoms with van der Waals surface area (Å²) in [6.45, 7) is 6.45. The van der Waals surface area contributed by atoms with Crippen molar-refractivity contribution in [1.82, 2.24) is 15.5 Å². The molecule has 2 aromatic carbocycles. The van der Waals surface area contributed by atoms with Crippen LogP contribution in [0.3, 0.4) is 0 Å². The molecule has 1 saturated carbocycles. The molecule has 3 aliphatic heterocycles. The zero-order valence-corrected chi connectivity index (χ0v) is 20.0. The molecule has 180 valence electrons. The van der Waals surface area contributed by atoms with Crippen molar-refractivity contribution in [2.75, 3.05) is 6.54 Å². The second-order valence-corrected chi connectivity index (χ2v) is 10.8. The second-order valence-electron chi connectivity index (χ2n) is 10.8. The number of hydrogen-bond donors (Lipinski definition) is 3. The number of aromatic hydroxyl groups is 1. The van der Waals surface area contributed by atoms with E-state index in [9.17, 15) is 14.7 Å². The molecule has 6 rings (SSSR count). The molecule has 34 heavy (non-hydrogen) atoms. The van der Waals surface area contributed by atoms with E-state index in [0.29, 0.717) is 18.9 Å². The quantitative estimate of drug-likeness (QED) is 0.563. The lowest BCUT2D eigenvalue weighted by Gasteiger charge is -2.55. The Morgan fingerprint density at radius 2 is 1.88 bits per heavy atom. The Morgan fingerprint density at radius 3 is 2.59 bits per heavy atom. The first-order valence-electron chi connectivity index (χ1n) is 12.5. The Morgan fingerprint density at radius 1 is 1.15 bits per heavy atom. The molecule has 6 heteroatoms. The Hall–Kier alpha value is -2.86. The second kappa shape index (κ2) is 9.06. The first-order valence-corrected chi connectivity index (χ1v) is 12.5. The van der Waals surface area contributed by atoms with Crippen LogP contribution in [0.2, 0.25) is 0 Å². The number of piperidine rings is 2. The van der Waals surface area contributed by atoms with Gasteiger partial charge in [0.2, 0.25) is 11.8 Å². The number of amides is 2. The number of nitrogens with one attached hydrogen (secondary N) is 2. The van der Waals surface area contributed by atoms with Crippen molar-refractivity contribution in [1.29, 1.82) is 0 Å². The van der Waals surface area contributed by atoms with Crippen LogP contribution in [0.5, 0.6) is 5.75 Å². The third-order valence-corrected chi connectivity index (χ3v) is 8.12. The fourth-order valence-electron chi connectivity index (χ4n) is 6.60. The van der Waals surface area contributed by atoms with E-state index in [4.69, 9.17) is 0 Å². The van der Waals surface area contributed by atoms with Crippen molar-refractivity contribution in [3.63, 3.8) is 0 Å². The van der Waals surface area contributed by atoms with E-state index in [2.05, 4.69) is 29.4 Å². The Kier molecular flexibility index (Phi) is 6.11. The maximum atomic E-state index is 13.8. The van der Waals surface area contributed by atoms with Gasteiger partial charge < -0.3 is 15.7 Å². The summed E-state index contributed by atoms with van der Waals surface area (Å²) in [6.07, 6.45) is 2.64. The number of benzene rings is 2. The monoisotopic (exact) mass is 461 g/mol. The van der Waals surface area contributed by atoms with Crippen molar-refractivity contribution >= 4 is 11.8 Å². The predicted molar refractivity (Wildman–Crippen MR) is 131 cm³/mol. The maximum absolute atomic E-state index is 13.8. The lowest BCUT2D eigenvalue weighted by molar-refractivity contribution is -0.155. The van der Waals surface area contributed by atoms with Crippen LogP contribution in [0.15, 0.2) is 54.6 Å². The van der Waals surface area contributed by atoms with E-state index in [-0.39, 0.29) is 41.4 Å². The van der Waals surface area contributed by atoms with Gasteiger partial charge in [-0.2, -0.15) is 0 Å². The third kappa shape index (κ3) is 4.09. The molecule has 4 fully saturated rings. The van der Waals surface area contributed by atoms with Gasteiger partial charge in [0.25, 0.3) is 0 Å². The zero-order chi connectivity index (χ0) is 23.9. The zero-order valence-electron chi connectivity index (χ0n) is 20.0. The largest absolute Gasteiger partial charge is 0.508 e. The summed E-state index contributed by atoms with van der Waals surface area (Å²) in [5.74, 6) is 0.980. The summed E-state index contributed by atoms with van der Waals surface area (Å²) < 4.78 is 0. The Labute approximate surface area is 201 Å². The molecular weight excluding hydrogens is 426 g/mol. The highest BCUT2D eigenvalue weighted by Crippen LogP contribution is 2.54. The molecule has 3 N–H and O–H groups in total. The minimum absolute atomic E-state index is 0.0325. The average Bonchev–Trinajstić information content (AvgIpc) is 3.12. The molecule has 5 atom stereocenters. The van der Waals surface area contributed by atoms with Gasteiger partial charge in [-0.25, -0.2) is 0 Å². The van der Waals surface area contributed by atoms with Crippen LogP contribution in [0.1, 0.15) is 44.2 Å². The topological polar surface area (TPSA) is 81.7 Å². The summed E-state index contributed by atoms with van der Waals surface area (Å²) in [5.41, 5.74) is 1.32. The van der Waals surface area contributed by atoms with Gasteiger partial charge in [-0.3, -0.25) is 14.5 Å². The van der Waals surface area contributed by atoms with E-state index >= 15 is 0 Å². The number of rotatable bonds is 8. The minimum Gasteiger partial charge on any atom is -0.508 e. The number of fused-ring (bicyclic) bond motifs is 1. The van der Waals surface area contributed by atoms with Gasteiger partial charge in [0.1, 0.15) is 11.3 Å². The van der Waals surface area contributed by atoms with Crippen LogP contribution in [-0.2, 0) is 22.7 Å². The van der Waals surface area contributed by atoms with Crippen LogP contribution in [0.4, 0.5) is 0 Å². The number of nitrogens with zero attached hydrogens (tertiary/aromatic N) is 1. The molecule has 2 amide bonds. The molecule has 6 nitrogen and oxygen atoms in total. The van der Waals surface area contributed by atoms with Gasteiger partial charge in [-0.15, -0.1) is 0 Å². The van der Waals surface area contributed by atoms with Crippen molar-refractivity contribution in [3.05, 3.63) is 65.7 Å². The third-order valence-electron chi connectivity index (χ3n) is 8.12. The summed E-state index contributed by atoms with van der Waals surface area (Å²) in [5, 5.41) is 16.1. The van der Waals surface area contributed by atoms with E-state index in [0.717, 1.165) is 37.1 Å². The van der Waals surface area contributed by atoms with E-state index in [1.807, 2.05) is 42.5 Å². The number of hydrogen-bond acceptors (Lipinski definition) is 4. The van der Waals surface area contributed by atoms with Gasteiger partial charge in [-0.1, -0.05) is 62.7 Å². The number of likely N-dealkylation sites (tertiary alicyclic amines) is 1. The molecule has 4 aliphatic rings. The summed E-state index contributed by atoms with van der Waals surface area (Å²) in [7, 11) is 0. The molecule has 0 unspecified atom stereocenters.